The predicted molar refractivity (Wildman–Crippen MR) is 158 cm³/mol. The van der Waals surface area contributed by atoms with Crippen molar-refractivity contribution in [1.29, 1.82) is 0 Å². The van der Waals surface area contributed by atoms with Crippen LogP contribution in [-0.2, 0) is 5.41 Å². The van der Waals surface area contributed by atoms with E-state index in [1.807, 2.05) is 61.5 Å². The van der Waals surface area contributed by atoms with E-state index in [2.05, 4.69) is 30.7 Å². The maximum atomic E-state index is 13.0. The Morgan fingerprint density at radius 1 is 0.951 bits per heavy atom. The molecule has 3 aromatic carbocycles. The predicted octanol–water partition coefficient (Wildman–Crippen LogP) is 6.53. The van der Waals surface area contributed by atoms with Gasteiger partial charge in [-0.1, -0.05) is 45.0 Å². The zero-order valence-corrected chi connectivity index (χ0v) is 23.7. The number of hydrogen-bond acceptors (Lipinski definition) is 7. The molecule has 0 saturated heterocycles. The maximum absolute atomic E-state index is 13.0. The first-order valence-electron chi connectivity index (χ1n) is 13.2. The molecule has 2 heterocycles. The van der Waals surface area contributed by atoms with E-state index >= 15 is 0 Å². The molecule has 0 aliphatic rings. The largest absolute Gasteiger partial charge is 0.494 e. The molecule has 0 atom stereocenters. The third-order valence-electron chi connectivity index (χ3n) is 6.30. The molecular formula is C31H32N6O4. The molecule has 10 nitrogen and oxygen atoms in total. The van der Waals surface area contributed by atoms with Crippen LogP contribution in [0, 0.1) is 0 Å². The smallest absolute Gasteiger partial charge is 0.325 e. The van der Waals surface area contributed by atoms with E-state index in [9.17, 15) is 4.79 Å². The van der Waals surface area contributed by atoms with Gasteiger partial charge in [-0.2, -0.15) is 15.1 Å². The Hall–Kier alpha value is -5.12. The van der Waals surface area contributed by atoms with Gasteiger partial charge in [0.1, 0.15) is 17.3 Å². The van der Waals surface area contributed by atoms with E-state index in [0.717, 1.165) is 11.4 Å². The van der Waals surface area contributed by atoms with Gasteiger partial charge in [0.05, 0.1) is 41.7 Å². The number of benzene rings is 3. The summed E-state index contributed by atoms with van der Waals surface area (Å²) in [6.45, 7) is 8.62. The first kappa shape index (κ1) is 27.4. The first-order chi connectivity index (χ1) is 19.7. The van der Waals surface area contributed by atoms with Gasteiger partial charge in [0.2, 0.25) is 5.88 Å². The second-order valence-corrected chi connectivity index (χ2v) is 10.3. The van der Waals surface area contributed by atoms with Crippen molar-refractivity contribution < 1.29 is 19.0 Å². The molecule has 0 unspecified atom stereocenters. The molecule has 2 aromatic heterocycles. The summed E-state index contributed by atoms with van der Waals surface area (Å²) in [5.74, 6) is 1.87. The van der Waals surface area contributed by atoms with Gasteiger partial charge in [0.25, 0.3) is 0 Å². The van der Waals surface area contributed by atoms with Crippen LogP contribution >= 0.6 is 0 Å². The van der Waals surface area contributed by atoms with Crippen LogP contribution in [0.3, 0.4) is 0 Å². The Balaban J connectivity index is 1.59. The maximum Gasteiger partial charge on any atom is 0.325 e. The van der Waals surface area contributed by atoms with Gasteiger partial charge in [-0.15, -0.1) is 0 Å². The molecule has 0 bridgehead atoms. The minimum Gasteiger partial charge on any atom is -0.494 e. The molecule has 0 fully saturated rings. The van der Waals surface area contributed by atoms with E-state index in [1.54, 1.807) is 28.9 Å². The number of carbonyl (C=O) groups excluding carboxylic acids is 1. The average Bonchev–Trinajstić information content (AvgIpc) is 3.39. The number of amides is 2. The molecule has 41 heavy (non-hydrogen) atoms. The number of hydrogen-bond donors (Lipinski definition) is 1. The third-order valence-corrected chi connectivity index (χ3v) is 6.30. The lowest BCUT2D eigenvalue weighted by Gasteiger charge is -2.22. The highest BCUT2D eigenvalue weighted by molar-refractivity contribution is 5.98. The van der Waals surface area contributed by atoms with Crippen molar-refractivity contribution in [3.63, 3.8) is 0 Å². The molecule has 0 aliphatic carbocycles. The summed E-state index contributed by atoms with van der Waals surface area (Å²) in [5.41, 5.74) is 8.44. The fourth-order valence-corrected chi connectivity index (χ4v) is 4.31. The zero-order valence-electron chi connectivity index (χ0n) is 23.7. The molecule has 10 heteroatoms. The van der Waals surface area contributed by atoms with Crippen molar-refractivity contribution >= 4 is 28.4 Å². The van der Waals surface area contributed by atoms with Crippen molar-refractivity contribution in [3.8, 4) is 29.1 Å². The van der Waals surface area contributed by atoms with Crippen LogP contribution in [0.25, 0.3) is 16.6 Å². The summed E-state index contributed by atoms with van der Waals surface area (Å²) < 4.78 is 18.9. The monoisotopic (exact) mass is 552 g/mol. The Labute approximate surface area is 238 Å². The molecule has 2 amide bonds. The number of rotatable bonds is 8. The topological polar surface area (TPSA) is 118 Å². The number of ether oxygens (including phenoxy) is 3. The number of para-hydroxylation sites is 1. The second-order valence-electron chi connectivity index (χ2n) is 10.3. The third kappa shape index (κ3) is 5.76. The average molecular weight is 553 g/mol. The van der Waals surface area contributed by atoms with Crippen molar-refractivity contribution in [3.05, 3.63) is 84.6 Å². The zero-order chi connectivity index (χ0) is 29.1. The number of nitrogens with zero attached hydrogens (tertiary/aromatic N) is 5. The fourth-order valence-electron chi connectivity index (χ4n) is 4.31. The van der Waals surface area contributed by atoms with Gasteiger partial charge >= 0.3 is 12.0 Å². The van der Waals surface area contributed by atoms with E-state index < -0.39 is 6.03 Å². The first-order valence-corrected chi connectivity index (χ1v) is 13.2. The molecule has 0 spiro atoms. The molecule has 5 rings (SSSR count). The normalized spacial score (nSPS) is 11.3. The summed E-state index contributed by atoms with van der Waals surface area (Å²) in [6.07, 6.45) is 0. The fraction of sp³-hybridized carbons (Fsp3) is 0.226. The Bertz CT molecular complexity index is 1690. The van der Waals surface area contributed by atoms with Crippen molar-refractivity contribution in [2.45, 2.75) is 33.1 Å². The van der Waals surface area contributed by atoms with Crippen LogP contribution in [0.2, 0.25) is 0 Å². The van der Waals surface area contributed by atoms with Gasteiger partial charge in [0.15, 0.2) is 0 Å². The minimum atomic E-state index is -0.671. The Kier molecular flexibility index (Phi) is 7.47. The number of nitrogens with two attached hydrogens (primary N) is 1. The molecule has 0 aliphatic heterocycles. The number of urea groups is 1. The van der Waals surface area contributed by atoms with Crippen LogP contribution in [0.15, 0.2) is 78.9 Å². The number of carbonyl (C=O) groups is 1. The van der Waals surface area contributed by atoms with E-state index in [4.69, 9.17) is 25.0 Å². The Morgan fingerprint density at radius 3 is 2.41 bits per heavy atom. The number of aromatic nitrogens is 4. The molecule has 0 radical (unpaired) electrons. The standard InChI is InChI=1S/C31H32N6O4/c1-6-40-22-15-16-25-24(18-22)28(34-30(33-25)39-5)41-23-14-10-13-21(17-23)36(29(32)38)27-19-26(31(2,3)4)35-37(27)20-11-8-7-9-12-20/h7-19H,6H2,1-5H3,(H2,32,38). The van der Waals surface area contributed by atoms with Gasteiger partial charge in [0, 0.05) is 17.5 Å². The van der Waals surface area contributed by atoms with Gasteiger partial charge in [-0.05, 0) is 49.4 Å². The number of methoxy groups -OCH3 is 1. The van der Waals surface area contributed by atoms with Gasteiger partial charge in [-0.3, -0.25) is 0 Å². The summed E-state index contributed by atoms with van der Waals surface area (Å²) in [4.78, 5) is 23.3. The molecule has 5 aromatic rings. The summed E-state index contributed by atoms with van der Waals surface area (Å²) >= 11 is 0. The lowest BCUT2D eigenvalue weighted by molar-refractivity contribution is 0.256. The van der Waals surface area contributed by atoms with Crippen molar-refractivity contribution in [1.82, 2.24) is 19.7 Å². The highest BCUT2D eigenvalue weighted by atomic mass is 16.5. The SMILES string of the molecule is CCOc1ccc2nc(OC)nc(Oc3cccc(N(C(N)=O)c4cc(C(C)(C)C)nn4-c4ccccc4)c3)c2c1. The van der Waals surface area contributed by atoms with E-state index in [1.165, 1.54) is 12.0 Å². The lowest BCUT2D eigenvalue weighted by Crippen LogP contribution is -2.33. The highest BCUT2D eigenvalue weighted by Gasteiger charge is 2.27. The number of anilines is 2. The lowest BCUT2D eigenvalue weighted by atomic mass is 9.92. The van der Waals surface area contributed by atoms with Crippen LogP contribution in [-0.4, -0.2) is 39.5 Å². The van der Waals surface area contributed by atoms with Crippen LogP contribution in [0.4, 0.5) is 16.3 Å². The Morgan fingerprint density at radius 2 is 1.73 bits per heavy atom. The molecular weight excluding hydrogens is 520 g/mol. The van der Waals surface area contributed by atoms with Crippen LogP contribution in [0.1, 0.15) is 33.4 Å². The summed E-state index contributed by atoms with van der Waals surface area (Å²) in [7, 11) is 1.49. The molecule has 0 saturated carbocycles. The van der Waals surface area contributed by atoms with E-state index in [0.29, 0.717) is 40.5 Å². The summed E-state index contributed by atoms with van der Waals surface area (Å²) in [6, 6.07) is 23.5. The van der Waals surface area contributed by atoms with Gasteiger partial charge < -0.3 is 19.9 Å². The minimum absolute atomic E-state index is 0.160. The van der Waals surface area contributed by atoms with Crippen LogP contribution < -0.4 is 24.8 Å². The number of primary amides is 1. The van der Waals surface area contributed by atoms with Gasteiger partial charge in [-0.25, -0.2) is 14.4 Å². The molecule has 2 N–H and O–H groups in total. The van der Waals surface area contributed by atoms with Crippen molar-refractivity contribution in [2.75, 3.05) is 18.6 Å². The summed E-state index contributed by atoms with van der Waals surface area (Å²) in [5, 5.41) is 5.48. The second kappa shape index (κ2) is 11.2. The van der Waals surface area contributed by atoms with Crippen molar-refractivity contribution in [2.24, 2.45) is 5.73 Å². The quantitative estimate of drug-likeness (QED) is 0.233. The highest BCUT2D eigenvalue weighted by Crippen LogP contribution is 2.36. The number of fused-ring (bicyclic) bond motifs is 1. The molecule has 210 valence electrons. The van der Waals surface area contributed by atoms with Crippen LogP contribution in [0.5, 0.6) is 23.4 Å². The van der Waals surface area contributed by atoms with E-state index in [-0.39, 0.29) is 17.3 Å².